The Balaban J connectivity index is 1.25. The van der Waals surface area contributed by atoms with Crippen LogP contribution in [0.1, 0.15) is 73.8 Å². The molecule has 0 aliphatic carbocycles. The molecule has 0 spiro atoms. The van der Waals surface area contributed by atoms with Crippen molar-refractivity contribution in [3.63, 3.8) is 0 Å². The van der Waals surface area contributed by atoms with Gasteiger partial charge in [-0.15, -0.1) is 11.8 Å². The predicted molar refractivity (Wildman–Crippen MR) is 192 cm³/mol. The van der Waals surface area contributed by atoms with Crippen molar-refractivity contribution in [1.82, 2.24) is 0 Å². The minimum absolute atomic E-state index is 0.0608. The van der Waals surface area contributed by atoms with Gasteiger partial charge in [0.05, 0.1) is 30.8 Å². The fraction of sp³-hybridized carbons (Fsp3) is 0.195. The maximum absolute atomic E-state index is 12.9. The van der Waals surface area contributed by atoms with Gasteiger partial charge in [-0.05, 0) is 65.6 Å². The lowest BCUT2D eigenvalue weighted by Crippen LogP contribution is -2.38. The van der Waals surface area contributed by atoms with Crippen molar-refractivity contribution in [3.05, 3.63) is 166 Å². The average molecular weight is 688 g/mol. The number of aliphatic hydroxyl groups excluding tert-OH is 1. The van der Waals surface area contributed by atoms with Crippen LogP contribution in [0.15, 0.2) is 132 Å². The van der Waals surface area contributed by atoms with E-state index in [0.29, 0.717) is 17.0 Å². The lowest BCUT2D eigenvalue weighted by molar-refractivity contribution is -0.255. The van der Waals surface area contributed by atoms with Crippen LogP contribution in [-0.2, 0) is 27.3 Å². The third-order valence-electron chi connectivity index (χ3n) is 8.66. The zero-order chi connectivity index (χ0) is 35.0. The molecule has 0 aromatic heterocycles. The number of benzene rings is 5. The van der Waals surface area contributed by atoms with Gasteiger partial charge in [0.2, 0.25) is 5.91 Å². The molecule has 1 unspecified atom stereocenters. The SMILES string of the molecule is CC(=O)c1cccc(NC(=O)Cc2ccc(C3O[C@H](CSc4ccc(C(=O)O)cc4)[C@@H](c4ccccc4)[C@H](c4ccc(CO)cc4)O3)cc2)c1. The molecule has 5 aromatic rings. The maximum atomic E-state index is 12.9. The van der Waals surface area contributed by atoms with Crippen molar-refractivity contribution in [2.24, 2.45) is 0 Å². The Morgan fingerprint density at radius 2 is 1.40 bits per heavy atom. The molecular weight excluding hydrogens is 651 g/mol. The molecule has 0 radical (unpaired) electrons. The summed E-state index contributed by atoms with van der Waals surface area (Å²) < 4.78 is 13.6. The summed E-state index contributed by atoms with van der Waals surface area (Å²) in [6, 6.07) is 39.1. The molecule has 1 aliphatic heterocycles. The molecule has 1 amide bonds. The monoisotopic (exact) mass is 687 g/mol. The zero-order valence-corrected chi connectivity index (χ0v) is 28.2. The first-order valence-electron chi connectivity index (χ1n) is 16.3. The highest BCUT2D eigenvalue weighted by molar-refractivity contribution is 7.99. The quantitative estimate of drug-likeness (QED) is 0.0892. The number of carbonyl (C=O) groups excluding carboxylic acids is 2. The summed E-state index contributed by atoms with van der Waals surface area (Å²) in [4.78, 5) is 36.9. The number of carboxylic acid groups (broad SMARTS) is 1. The number of aliphatic hydroxyl groups is 1. The largest absolute Gasteiger partial charge is 0.478 e. The van der Waals surface area contributed by atoms with Gasteiger partial charge in [0.15, 0.2) is 12.1 Å². The van der Waals surface area contributed by atoms with Crippen LogP contribution in [0, 0.1) is 0 Å². The summed E-state index contributed by atoms with van der Waals surface area (Å²) in [5.41, 5.74) is 5.75. The highest BCUT2D eigenvalue weighted by Crippen LogP contribution is 2.48. The Labute approximate surface area is 295 Å². The fourth-order valence-electron chi connectivity index (χ4n) is 6.02. The fourth-order valence-corrected chi connectivity index (χ4v) is 6.99. The summed E-state index contributed by atoms with van der Waals surface area (Å²) in [6.07, 6.45) is -1.26. The number of amides is 1. The molecule has 5 aromatic carbocycles. The molecule has 8 nitrogen and oxygen atoms in total. The van der Waals surface area contributed by atoms with Crippen molar-refractivity contribution < 1.29 is 34.1 Å². The summed E-state index contributed by atoms with van der Waals surface area (Å²) in [6.45, 7) is 1.43. The third kappa shape index (κ3) is 8.56. The van der Waals surface area contributed by atoms with Crippen molar-refractivity contribution in [2.45, 2.75) is 49.3 Å². The molecule has 1 fully saturated rings. The second kappa shape index (κ2) is 16.1. The number of carbonyl (C=O) groups is 3. The number of carboxylic acids is 1. The maximum Gasteiger partial charge on any atom is 0.335 e. The summed E-state index contributed by atoms with van der Waals surface area (Å²) in [5, 5.41) is 21.9. The molecule has 6 rings (SSSR count). The van der Waals surface area contributed by atoms with Crippen LogP contribution in [0.2, 0.25) is 0 Å². The van der Waals surface area contributed by atoms with Gasteiger partial charge in [-0.2, -0.15) is 0 Å². The molecular formula is C41H37NO7S. The van der Waals surface area contributed by atoms with E-state index in [9.17, 15) is 24.6 Å². The molecule has 3 N–H and O–H groups in total. The van der Waals surface area contributed by atoms with Gasteiger partial charge < -0.3 is 25.0 Å². The molecule has 50 heavy (non-hydrogen) atoms. The van der Waals surface area contributed by atoms with E-state index in [0.717, 1.165) is 32.7 Å². The van der Waals surface area contributed by atoms with E-state index in [1.165, 1.54) is 6.92 Å². The number of Topliss-reactive ketones (excluding diaryl/α,β-unsaturated/α-hetero) is 1. The standard InChI is InChI=1S/C41H37NO7S/c1-26(44)33-8-5-9-34(23-33)42-37(45)22-27-10-16-32(17-11-27)41-48-36(25-50-35-20-18-31(19-21-35)40(46)47)38(29-6-3-2-4-7-29)39(49-41)30-14-12-28(24-43)13-15-30/h2-21,23,36,38-39,41,43H,22,24-25H2,1H3,(H,42,45)(H,46,47)/t36-,38-,39+,41?/m1/s1. The number of rotatable bonds is 12. The van der Waals surface area contributed by atoms with Crippen LogP contribution in [-0.4, -0.2) is 39.7 Å². The van der Waals surface area contributed by atoms with E-state index in [1.54, 1.807) is 48.2 Å². The molecule has 1 saturated heterocycles. The molecule has 1 heterocycles. The minimum atomic E-state index is -0.970. The molecule has 0 bridgehead atoms. The Morgan fingerprint density at radius 3 is 2.06 bits per heavy atom. The molecule has 0 saturated carbocycles. The number of nitrogens with one attached hydrogen (secondary N) is 1. The molecule has 9 heteroatoms. The second-order valence-electron chi connectivity index (χ2n) is 12.1. The van der Waals surface area contributed by atoms with Crippen molar-refractivity contribution in [3.8, 4) is 0 Å². The first-order valence-corrected chi connectivity index (χ1v) is 17.3. The van der Waals surface area contributed by atoms with E-state index in [2.05, 4.69) is 17.4 Å². The van der Waals surface area contributed by atoms with Gasteiger partial charge in [0.25, 0.3) is 0 Å². The van der Waals surface area contributed by atoms with Gasteiger partial charge in [0.1, 0.15) is 0 Å². The Hall–Kier alpha value is -5.06. The van der Waals surface area contributed by atoms with E-state index in [-0.39, 0.29) is 48.4 Å². The van der Waals surface area contributed by atoms with Crippen molar-refractivity contribution >= 4 is 35.1 Å². The van der Waals surface area contributed by atoms with Crippen molar-refractivity contribution in [1.29, 1.82) is 0 Å². The average Bonchev–Trinajstić information content (AvgIpc) is 3.14. The smallest absolute Gasteiger partial charge is 0.335 e. The Kier molecular flexibility index (Phi) is 11.2. The predicted octanol–water partition coefficient (Wildman–Crippen LogP) is 7.99. The van der Waals surface area contributed by atoms with Crippen molar-refractivity contribution in [2.75, 3.05) is 11.1 Å². The normalized spacial score (nSPS) is 18.7. The lowest BCUT2D eigenvalue weighted by Gasteiger charge is -2.43. The minimum Gasteiger partial charge on any atom is -0.478 e. The number of aromatic carboxylic acids is 1. The van der Waals surface area contributed by atoms with Gasteiger partial charge >= 0.3 is 5.97 Å². The van der Waals surface area contributed by atoms with Crippen LogP contribution in [0.5, 0.6) is 0 Å². The van der Waals surface area contributed by atoms with E-state index in [4.69, 9.17) is 9.47 Å². The molecule has 4 atom stereocenters. The van der Waals surface area contributed by atoms with Gasteiger partial charge in [0, 0.05) is 33.4 Å². The van der Waals surface area contributed by atoms with Gasteiger partial charge in [-0.3, -0.25) is 9.59 Å². The van der Waals surface area contributed by atoms with Gasteiger partial charge in [-0.25, -0.2) is 4.79 Å². The lowest BCUT2D eigenvalue weighted by atomic mass is 9.84. The number of ketones is 1. The zero-order valence-electron chi connectivity index (χ0n) is 27.4. The van der Waals surface area contributed by atoms with Crippen LogP contribution in [0.3, 0.4) is 0 Å². The van der Waals surface area contributed by atoms with Crippen LogP contribution >= 0.6 is 11.8 Å². The first kappa shape index (κ1) is 34.8. The number of hydrogen-bond donors (Lipinski definition) is 3. The van der Waals surface area contributed by atoms with E-state index < -0.39 is 12.3 Å². The van der Waals surface area contributed by atoms with E-state index in [1.807, 2.05) is 78.9 Å². The molecule has 254 valence electrons. The Bertz CT molecular complexity index is 1930. The summed E-state index contributed by atoms with van der Waals surface area (Å²) in [5.74, 6) is -0.849. The highest BCUT2D eigenvalue weighted by Gasteiger charge is 2.42. The Morgan fingerprint density at radius 1 is 0.720 bits per heavy atom. The number of thioether (sulfide) groups is 1. The number of hydrogen-bond acceptors (Lipinski definition) is 7. The molecule has 1 aliphatic rings. The number of ether oxygens (including phenoxy) is 2. The number of anilines is 1. The second-order valence-corrected chi connectivity index (χ2v) is 13.2. The highest BCUT2D eigenvalue weighted by atomic mass is 32.2. The third-order valence-corrected chi connectivity index (χ3v) is 9.76. The van der Waals surface area contributed by atoms with Crippen LogP contribution in [0.4, 0.5) is 5.69 Å². The summed E-state index contributed by atoms with van der Waals surface area (Å²) in [7, 11) is 0. The summed E-state index contributed by atoms with van der Waals surface area (Å²) >= 11 is 1.59. The first-order chi connectivity index (χ1) is 24.3. The topological polar surface area (TPSA) is 122 Å². The van der Waals surface area contributed by atoms with Crippen LogP contribution < -0.4 is 5.32 Å². The van der Waals surface area contributed by atoms with Crippen LogP contribution in [0.25, 0.3) is 0 Å². The van der Waals surface area contributed by atoms with Gasteiger partial charge in [-0.1, -0.05) is 91.0 Å². The van der Waals surface area contributed by atoms with E-state index >= 15 is 0 Å².